The Morgan fingerprint density at radius 2 is 2.13 bits per heavy atom. The van der Waals surface area contributed by atoms with Gasteiger partial charge in [0.25, 0.3) is 0 Å². The molecule has 0 aliphatic carbocycles. The molecule has 7 N–H and O–H groups in total. The molecule has 0 radical (unpaired) electrons. The summed E-state index contributed by atoms with van der Waals surface area (Å²) in [6, 6.07) is 0. The number of ether oxygens (including phenoxy) is 1. The van der Waals surface area contributed by atoms with Crippen LogP contribution in [-0.4, -0.2) is 81.2 Å². The quantitative estimate of drug-likeness (QED) is 0.349. The van der Waals surface area contributed by atoms with Crippen molar-refractivity contribution >= 4 is 17.9 Å². The zero-order valence-electron chi connectivity index (χ0n) is 13.0. The van der Waals surface area contributed by atoms with E-state index in [0.717, 1.165) is 0 Å². The Morgan fingerprint density at radius 3 is 2.70 bits per heavy atom. The highest BCUT2D eigenvalue weighted by Crippen LogP contribution is 2.42. The summed E-state index contributed by atoms with van der Waals surface area (Å²) in [6.07, 6.45) is -2.16. The summed E-state index contributed by atoms with van der Waals surface area (Å²) in [7, 11) is 0. The van der Waals surface area contributed by atoms with Crippen LogP contribution in [0, 0.1) is 5.92 Å². The van der Waals surface area contributed by atoms with Crippen molar-refractivity contribution in [2.75, 3.05) is 13.3 Å². The van der Waals surface area contributed by atoms with E-state index in [-0.39, 0.29) is 18.3 Å². The number of rotatable bonds is 3. The van der Waals surface area contributed by atoms with Gasteiger partial charge in [-0.2, -0.15) is 0 Å². The average Bonchev–Trinajstić information content (AvgIpc) is 3.02. The fourth-order valence-corrected chi connectivity index (χ4v) is 3.35. The largest absolute Gasteiger partial charge is 0.394 e. The van der Waals surface area contributed by atoms with Crippen LogP contribution in [0.1, 0.15) is 13.8 Å². The fourth-order valence-electron chi connectivity index (χ4n) is 3.35. The zero-order valence-corrected chi connectivity index (χ0v) is 13.0. The number of aliphatic hydroxyl groups is 3. The van der Waals surface area contributed by atoms with E-state index in [9.17, 15) is 15.3 Å². The molecular weight excluding hydrogens is 304 g/mol. The topological polar surface area (TPSA) is 162 Å². The number of nitrogens with zero attached hydrogens (tertiary/aromatic N) is 4. The lowest BCUT2D eigenvalue weighted by Crippen LogP contribution is -2.65. The molecule has 10 nitrogen and oxygen atoms in total. The molecule has 0 unspecified atom stereocenters. The van der Waals surface area contributed by atoms with Gasteiger partial charge in [-0.25, -0.2) is 9.98 Å². The number of nitrogens with two attached hydrogens (primary N) is 2. The first kappa shape index (κ1) is 16.4. The Hall–Kier alpha value is -1.43. The number of hydrogen-bond acceptors (Lipinski definition) is 10. The van der Waals surface area contributed by atoms with E-state index >= 15 is 0 Å². The molecule has 10 heteroatoms. The monoisotopic (exact) mass is 326 g/mol. The Balaban J connectivity index is 2.02. The highest BCUT2D eigenvalue weighted by molar-refractivity contribution is 6.47. The van der Waals surface area contributed by atoms with Crippen molar-refractivity contribution in [3.05, 3.63) is 0 Å². The van der Waals surface area contributed by atoms with Crippen LogP contribution in [0.5, 0.6) is 0 Å². The third-order valence-electron chi connectivity index (χ3n) is 4.57. The van der Waals surface area contributed by atoms with Gasteiger partial charge in [-0.15, -0.1) is 0 Å². The van der Waals surface area contributed by atoms with E-state index in [1.165, 1.54) is 6.34 Å². The number of aliphatic imine (C=N–C) groups is 3. The molecule has 1 saturated heterocycles. The van der Waals surface area contributed by atoms with Crippen LogP contribution in [0.15, 0.2) is 15.0 Å². The Kier molecular flexibility index (Phi) is 3.78. The van der Waals surface area contributed by atoms with Gasteiger partial charge >= 0.3 is 0 Å². The molecule has 0 bridgehead atoms. The maximum Gasteiger partial charge on any atom is 0.208 e. The van der Waals surface area contributed by atoms with Crippen LogP contribution < -0.4 is 11.5 Å². The molecule has 0 aromatic rings. The highest BCUT2D eigenvalue weighted by atomic mass is 16.6. The van der Waals surface area contributed by atoms with Gasteiger partial charge in [0, 0.05) is 5.92 Å². The van der Waals surface area contributed by atoms with Crippen molar-refractivity contribution in [2.45, 2.75) is 43.7 Å². The van der Waals surface area contributed by atoms with Crippen LogP contribution >= 0.6 is 0 Å². The maximum atomic E-state index is 10.6. The number of hydrogen-bond donors (Lipinski definition) is 5. The number of fused-ring (bicyclic) bond motifs is 1. The van der Waals surface area contributed by atoms with E-state index < -0.39 is 36.4 Å². The maximum absolute atomic E-state index is 10.6. The van der Waals surface area contributed by atoms with Gasteiger partial charge in [-0.3, -0.25) is 16.5 Å². The molecule has 0 spiro atoms. The van der Waals surface area contributed by atoms with E-state index in [1.54, 1.807) is 4.90 Å². The van der Waals surface area contributed by atoms with E-state index in [2.05, 4.69) is 15.0 Å². The number of aliphatic hydroxyl groups excluding tert-OH is 3. The molecule has 4 atom stereocenters. The molecule has 0 aromatic carbocycles. The summed E-state index contributed by atoms with van der Waals surface area (Å²) in [5, 5.41) is 30.2. The minimum absolute atomic E-state index is 0.105. The summed E-state index contributed by atoms with van der Waals surface area (Å²) in [6.45, 7) is 3.36. The van der Waals surface area contributed by atoms with E-state index in [4.69, 9.17) is 16.2 Å². The van der Waals surface area contributed by atoms with Gasteiger partial charge in [-0.05, 0) is 0 Å². The molecule has 0 saturated carbocycles. The van der Waals surface area contributed by atoms with Crippen LogP contribution in [0.2, 0.25) is 0 Å². The summed E-state index contributed by atoms with van der Waals surface area (Å²) in [5.74, 6) is -1.39. The number of amidine groups is 1. The molecule has 23 heavy (non-hydrogen) atoms. The first-order valence-electron chi connectivity index (χ1n) is 7.42. The Bertz CT molecular complexity index is 589. The van der Waals surface area contributed by atoms with Gasteiger partial charge in [0.15, 0.2) is 11.6 Å². The predicted octanol–water partition coefficient (Wildman–Crippen LogP) is -2.82. The van der Waals surface area contributed by atoms with Crippen LogP contribution in [0.3, 0.4) is 0 Å². The van der Waals surface area contributed by atoms with Gasteiger partial charge in [-0.1, -0.05) is 13.8 Å². The second kappa shape index (κ2) is 5.30. The second-order valence-corrected chi connectivity index (χ2v) is 6.28. The third kappa shape index (κ3) is 2.14. The normalized spacial score (nSPS) is 38.8. The lowest BCUT2D eigenvalue weighted by molar-refractivity contribution is -0.186. The Labute approximate surface area is 133 Å². The van der Waals surface area contributed by atoms with Crippen molar-refractivity contribution < 1.29 is 20.1 Å². The standard InChI is InChI=1S/C13H22N6O4/c1-6(2)12(10(22)8(21)7(3-20)23-12)19-5-17-9-11(19)16-4-18-13(9,14)15/h4,6-8,10,20-22H,3,5,14-15H2,1-2H3/t7-,8-,10-,12-/m1/s1. The molecule has 3 aliphatic rings. The van der Waals surface area contributed by atoms with Crippen molar-refractivity contribution in [3.8, 4) is 0 Å². The van der Waals surface area contributed by atoms with E-state index in [1.807, 2.05) is 13.8 Å². The molecule has 0 amide bonds. The van der Waals surface area contributed by atoms with Crippen LogP contribution in [0.25, 0.3) is 0 Å². The molecule has 0 aromatic heterocycles. The smallest absolute Gasteiger partial charge is 0.208 e. The summed E-state index contributed by atoms with van der Waals surface area (Å²) < 4.78 is 5.88. The van der Waals surface area contributed by atoms with Gasteiger partial charge in [0.05, 0.1) is 6.61 Å². The lowest BCUT2D eigenvalue weighted by atomic mass is 9.90. The van der Waals surface area contributed by atoms with Crippen LogP contribution in [-0.2, 0) is 4.74 Å². The van der Waals surface area contributed by atoms with Crippen molar-refractivity contribution in [3.63, 3.8) is 0 Å². The first-order valence-corrected chi connectivity index (χ1v) is 7.42. The molecule has 1 fully saturated rings. The molecular formula is C13H22N6O4. The predicted molar refractivity (Wildman–Crippen MR) is 82.7 cm³/mol. The highest BCUT2D eigenvalue weighted by Gasteiger charge is 2.61. The Morgan fingerprint density at radius 1 is 1.43 bits per heavy atom. The average molecular weight is 326 g/mol. The van der Waals surface area contributed by atoms with Crippen LogP contribution in [0.4, 0.5) is 0 Å². The third-order valence-corrected chi connectivity index (χ3v) is 4.57. The summed E-state index contributed by atoms with van der Waals surface area (Å²) >= 11 is 0. The summed E-state index contributed by atoms with van der Waals surface area (Å²) in [5.41, 5.74) is 10.8. The van der Waals surface area contributed by atoms with Crippen molar-refractivity contribution in [1.82, 2.24) is 4.90 Å². The molecule has 3 rings (SSSR count). The zero-order chi connectivity index (χ0) is 17.0. The SMILES string of the molecule is CC(C)[C@@]1(N2CN=C3C2=NC=NC3(N)N)O[C@H](CO)[C@@H](O)[C@H]1O. The lowest BCUT2D eigenvalue weighted by Gasteiger charge is -2.44. The fraction of sp³-hybridized carbons (Fsp3) is 0.769. The molecule has 3 heterocycles. The van der Waals surface area contributed by atoms with Gasteiger partial charge in [0.2, 0.25) is 5.79 Å². The van der Waals surface area contributed by atoms with Crippen molar-refractivity contribution in [1.29, 1.82) is 0 Å². The van der Waals surface area contributed by atoms with Crippen molar-refractivity contribution in [2.24, 2.45) is 32.4 Å². The summed E-state index contributed by atoms with van der Waals surface area (Å²) in [4.78, 5) is 14.0. The molecule has 128 valence electrons. The van der Waals surface area contributed by atoms with Gasteiger partial charge < -0.3 is 25.0 Å². The molecule has 3 aliphatic heterocycles. The minimum Gasteiger partial charge on any atom is -0.394 e. The minimum atomic E-state index is -1.50. The van der Waals surface area contributed by atoms with E-state index in [0.29, 0.717) is 5.84 Å². The second-order valence-electron chi connectivity index (χ2n) is 6.28. The van der Waals surface area contributed by atoms with Gasteiger partial charge in [0.1, 0.15) is 37.0 Å². The first-order chi connectivity index (χ1) is 10.8.